The quantitative estimate of drug-likeness (QED) is 0.421. The van der Waals surface area contributed by atoms with E-state index in [0.717, 1.165) is 12.5 Å². The van der Waals surface area contributed by atoms with Crippen molar-refractivity contribution in [1.82, 2.24) is 19.7 Å². The molecule has 3 atom stereocenters. The summed E-state index contributed by atoms with van der Waals surface area (Å²) in [6.45, 7) is 11.0. The van der Waals surface area contributed by atoms with Crippen LogP contribution in [0.4, 0.5) is 28.3 Å². The fourth-order valence-corrected chi connectivity index (χ4v) is 4.78. The molecule has 1 saturated heterocycles. The normalized spacial score (nSPS) is 21.1. The van der Waals surface area contributed by atoms with Crippen LogP contribution in [0.5, 0.6) is 0 Å². The first-order valence-electron chi connectivity index (χ1n) is 12.0. The van der Waals surface area contributed by atoms with E-state index in [4.69, 9.17) is 4.74 Å². The Hall–Kier alpha value is -3.11. The summed E-state index contributed by atoms with van der Waals surface area (Å²) in [5, 5.41) is 7.78. The largest absolute Gasteiger partial charge is 0.444 e. The third-order valence-electron chi connectivity index (χ3n) is 6.51. The minimum Gasteiger partial charge on any atom is -0.444 e. The average Bonchev–Trinajstić information content (AvgIpc) is 3.42. The van der Waals surface area contributed by atoms with Gasteiger partial charge >= 0.3 is 12.3 Å². The Morgan fingerprint density at radius 1 is 1.25 bits per heavy atom. The van der Waals surface area contributed by atoms with Gasteiger partial charge in [-0.3, -0.25) is 0 Å². The van der Waals surface area contributed by atoms with Crippen LogP contribution < -0.4 is 5.32 Å². The topological polar surface area (TPSA) is 72.3 Å². The van der Waals surface area contributed by atoms with Gasteiger partial charge in [-0.2, -0.15) is 18.2 Å². The molecule has 2 aromatic rings. The molecule has 196 valence electrons. The van der Waals surface area contributed by atoms with Crippen molar-refractivity contribution >= 4 is 12.0 Å². The maximum Gasteiger partial charge on any atom is 0.416 e. The molecule has 0 aliphatic carbocycles. The fraction of sp³-hybridized carbons (Fsp3) is 0.560. The first-order valence-corrected chi connectivity index (χ1v) is 12.0. The van der Waals surface area contributed by atoms with Crippen molar-refractivity contribution in [1.29, 1.82) is 0 Å². The van der Waals surface area contributed by atoms with Crippen LogP contribution >= 0.6 is 0 Å². The van der Waals surface area contributed by atoms with E-state index >= 15 is 0 Å². The first-order chi connectivity index (χ1) is 16.9. The molecule has 3 unspecified atom stereocenters. The van der Waals surface area contributed by atoms with Crippen molar-refractivity contribution < 1.29 is 27.1 Å². The molecule has 1 fully saturated rings. The molecule has 3 heterocycles. The summed E-state index contributed by atoms with van der Waals surface area (Å²) in [7, 11) is 0. The number of fused-ring (bicyclic) bond motifs is 1. The summed E-state index contributed by atoms with van der Waals surface area (Å²) in [5.41, 5.74) is -1.42. The van der Waals surface area contributed by atoms with Gasteiger partial charge in [-0.05, 0) is 57.7 Å². The second kappa shape index (κ2) is 9.74. The summed E-state index contributed by atoms with van der Waals surface area (Å²) in [6, 6.07) is 2.41. The molecule has 4 rings (SSSR count). The fourth-order valence-electron chi connectivity index (χ4n) is 4.78. The van der Waals surface area contributed by atoms with E-state index in [9.17, 15) is 22.4 Å². The Labute approximate surface area is 207 Å². The third kappa shape index (κ3) is 5.65. The molecule has 1 amide bonds. The zero-order valence-electron chi connectivity index (χ0n) is 20.6. The third-order valence-corrected chi connectivity index (χ3v) is 6.51. The Kier molecular flexibility index (Phi) is 7.03. The van der Waals surface area contributed by atoms with Crippen molar-refractivity contribution in [3.63, 3.8) is 0 Å². The number of anilines is 1. The van der Waals surface area contributed by atoms with E-state index in [-0.39, 0.29) is 23.6 Å². The molecular formula is C25H31F4N5O2. The lowest BCUT2D eigenvalue weighted by molar-refractivity contribution is -0.137. The second-order valence-corrected chi connectivity index (χ2v) is 10.3. The lowest BCUT2D eigenvalue weighted by atomic mass is 9.90. The van der Waals surface area contributed by atoms with Gasteiger partial charge in [-0.15, -0.1) is 11.7 Å². The lowest BCUT2D eigenvalue weighted by Gasteiger charge is -2.25. The molecule has 7 nitrogen and oxygen atoms in total. The maximum atomic E-state index is 14.7. The van der Waals surface area contributed by atoms with Gasteiger partial charge in [-0.25, -0.2) is 13.9 Å². The molecule has 1 N–H and O–H groups in total. The van der Waals surface area contributed by atoms with Gasteiger partial charge in [0.2, 0.25) is 5.95 Å². The number of hydrogen-bond acceptors (Lipinski definition) is 5. The minimum absolute atomic E-state index is 0.0682. The Morgan fingerprint density at radius 2 is 2.00 bits per heavy atom. The van der Waals surface area contributed by atoms with Crippen LogP contribution in [-0.4, -0.2) is 50.5 Å². The number of carbonyl (C=O) groups is 1. The van der Waals surface area contributed by atoms with Gasteiger partial charge in [-0.1, -0.05) is 12.1 Å². The number of ether oxygens (including phenoxy) is 1. The highest BCUT2D eigenvalue weighted by molar-refractivity contribution is 5.68. The standard InChI is InChI=1S/C25H31F4N5O2/c1-5-20(15-10-12-33(14-15)23(35)36-24(2,3)4)30-22-31-21-18(7-6-11-34(21)32-22)17-9-8-16(13-19(17)26)25(27,28)29/h5,8-9,13,15,18,20H,1,6-7,10-12,14H2,2-4H3,(H,30,32). The van der Waals surface area contributed by atoms with Crippen molar-refractivity contribution in [2.75, 3.05) is 18.4 Å². The van der Waals surface area contributed by atoms with Gasteiger partial charge in [0.15, 0.2) is 0 Å². The summed E-state index contributed by atoms with van der Waals surface area (Å²) < 4.78 is 60.8. The first kappa shape index (κ1) is 26.0. The van der Waals surface area contributed by atoms with Gasteiger partial charge in [0.05, 0.1) is 11.6 Å². The monoisotopic (exact) mass is 509 g/mol. The second-order valence-electron chi connectivity index (χ2n) is 10.3. The number of alkyl halides is 3. The van der Waals surface area contributed by atoms with Gasteiger partial charge in [0, 0.05) is 31.5 Å². The number of hydrogen-bond donors (Lipinski definition) is 1. The van der Waals surface area contributed by atoms with Crippen LogP contribution in [0.1, 0.15) is 62.9 Å². The molecular weight excluding hydrogens is 478 g/mol. The molecule has 11 heteroatoms. The summed E-state index contributed by atoms with van der Waals surface area (Å²) in [4.78, 5) is 18.7. The minimum atomic E-state index is -4.61. The Morgan fingerprint density at radius 3 is 2.64 bits per heavy atom. The summed E-state index contributed by atoms with van der Waals surface area (Å²) >= 11 is 0. The van der Waals surface area contributed by atoms with Crippen LogP contribution in [0.3, 0.4) is 0 Å². The van der Waals surface area contributed by atoms with Crippen molar-refractivity contribution in [2.45, 2.75) is 70.3 Å². The molecule has 0 spiro atoms. The zero-order valence-corrected chi connectivity index (χ0v) is 20.6. The van der Waals surface area contributed by atoms with Gasteiger partial charge in [0.1, 0.15) is 17.2 Å². The predicted molar refractivity (Wildman–Crippen MR) is 126 cm³/mol. The van der Waals surface area contributed by atoms with Crippen LogP contribution in [0.25, 0.3) is 0 Å². The molecule has 0 bridgehead atoms. The highest BCUT2D eigenvalue weighted by Crippen LogP contribution is 2.37. The van der Waals surface area contributed by atoms with Crippen molar-refractivity contribution in [3.8, 4) is 0 Å². The van der Waals surface area contributed by atoms with Crippen LogP contribution in [0, 0.1) is 11.7 Å². The van der Waals surface area contributed by atoms with E-state index in [1.165, 1.54) is 6.07 Å². The number of rotatable bonds is 5. The van der Waals surface area contributed by atoms with E-state index in [0.29, 0.717) is 50.3 Å². The number of benzene rings is 1. The maximum absolute atomic E-state index is 14.7. The number of likely N-dealkylation sites (tertiary alicyclic amines) is 1. The molecule has 0 saturated carbocycles. The van der Waals surface area contributed by atoms with Gasteiger partial charge < -0.3 is 15.0 Å². The number of amides is 1. The number of nitrogens with one attached hydrogen (secondary N) is 1. The average molecular weight is 510 g/mol. The van der Waals surface area contributed by atoms with Crippen molar-refractivity contribution in [2.24, 2.45) is 5.92 Å². The Bertz CT molecular complexity index is 1120. The zero-order chi connectivity index (χ0) is 26.3. The summed E-state index contributed by atoms with van der Waals surface area (Å²) in [6.07, 6.45) is -1.23. The van der Waals surface area contributed by atoms with Crippen LogP contribution in [0.15, 0.2) is 30.9 Å². The molecule has 2 aliphatic heterocycles. The van der Waals surface area contributed by atoms with Crippen LogP contribution in [0.2, 0.25) is 0 Å². The highest BCUT2D eigenvalue weighted by atomic mass is 19.4. The van der Waals surface area contributed by atoms with Crippen LogP contribution in [-0.2, 0) is 17.5 Å². The summed E-state index contributed by atoms with van der Waals surface area (Å²) in [5.74, 6) is -0.492. The molecule has 1 aromatic carbocycles. The van der Waals surface area contributed by atoms with E-state index < -0.39 is 29.1 Å². The predicted octanol–water partition coefficient (Wildman–Crippen LogP) is 5.59. The smallest absolute Gasteiger partial charge is 0.416 e. The SMILES string of the molecule is C=CC(Nc1nc2n(n1)CCCC2c1ccc(C(F)(F)F)cc1F)C1CCN(C(=O)OC(C)(C)C)C1. The molecule has 0 radical (unpaired) electrons. The number of halogens is 4. The number of aromatic nitrogens is 3. The number of aryl methyl sites for hydroxylation is 1. The number of carbonyl (C=O) groups excluding carboxylic acids is 1. The molecule has 2 aliphatic rings. The van der Waals surface area contributed by atoms with E-state index in [1.807, 2.05) is 20.8 Å². The Balaban J connectivity index is 1.48. The van der Waals surface area contributed by atoms with E-state index in [2.05, 4.69) is 22.0 Å². The molecule has 1 aromatic heterocycles. The molecule has 36 heavy (non-hydrogen) atoms. The van der Waals surface area contributed by atoms with Crippen molar-refractivity contribution in [3.05, 3.63) is 53.6 Å². The lowest BCUT2D eigenvalue weighted by Crippen LogP contribution is -2.37. The highest BCUT2D eigenvalue weighted by Gasteiger charge is 2.35. The number of nitrogens with zero attached hydrogens (tertiary/aromatic N) is 4. The van der Waals surface area contributed by atoms with Gasteiger partial charge in [0.25, 0.3) is 0 Å². The van der Waals surface area contributed by atoms with E-state index in [1.54, 1.807) is 15.7 Å².